The molecular formula is C14H10N2O3S. The van der Waals surface area contributed by atoms with E-state index < -0.39 is 4.92 Å². The Kier molecular flexibility index (Phi) is 3.30. The van der Waals surface area contributed by atoms with Crippen molar-refractivity contribution in [2.45, 2.75) is 6.61 Å². The highest BCUT2D eigenvalue weighted by molar-refractivity contribution is 7.14. The van der Waals surface area contributed by atoms with E-state index in [0.717, 1.165) is 17.1 Å². The second kappa shape index (κ2) is 5.26. The highest BCUT2D eigenvalue weighted by Crippen LogP contribution is 2.35. The first-order valence-electron chi connectivity index (χ1n) is 5.94. The Hall–Kier alpha value is -2.47. The average molecular weight is 286 g/mol. The highest BCUT2D eigenvalue weighted by atomic mass is 32.1. The lowest BCUT2D eigenvalue weighted by Crippen LogP contribution is -1.96. The van der Waals surface area contributed by atoms with Crippen LogP contribution in [0.1, 0.15) is 5.56 Å². The number of aromatic nitrogens is 1. The van der Waals surface area contributed by atoms with Crippen molar-refractivity contribution >= 4 is 27.3 Å². The number of non-ortho nitro benzene ring substituents is 1. The van der Waals surface area contributed by atoms with Gasteiger partial charge in [0.15, 0.2) is 0 Å². The lowest BCUT2D eigenvalue weighted by Gasteiger charge is -2.07. The van der Waals surface area contributed by atoms with E-state index >= 15 is 0 Å². The van der Waals surface area contributed by atoms with Crippen LogP contribution in [0.3, 0.4) is 0 Å². The zero-order chi connectivity index (χ0) is 13.9. The zero-order valence-electron chi connectivity index (χ0n) is 10.4. The van der Waals surface area contributed by atoms with Gasteiger partial charge in [-0.1, -0.05) is 30.3 Å². The Labute approximate surface area is 118 Å². The van der Waals surface area contributed by atoms with Crippen LogP contribution in [0, 0.1) is 10.1 Å². The molecule has 0 aliphatic rings. The minimum absolute atomic E-state index is 0.0644. The molecular weight excluding hydrogens is 276 g/mol. The molecule has 6 heteroatoms. The summed E-state index contributed by atoms with van der Waals surface area (Å²) in [5.41, 5.74) is 1.11. The first-order chi connectivity index (χ1) is 9.75. The van der Waals surface area contributed by atoms with E-state index in [4.69, 9.17) is 4.74 Å². The number of fused-ring (bicyclic) bond motifs is 1. The molecule has 0 aliphatic heterocycles. The molecule has 3 aromatic rings. The molecule has 0 unspecified atom stereocenters. The third kappa shape index (κ3) is 2.33. The number of rotatable bonds is 4. The van der Waals surface area contributed by atoms with Crippen LogP contribution in [0.25, 0.3) is 10.1 Å². The number of nitro benzene ring substituents is 1. The first kappa shape index (κ1) is 12.6. The fourth-order valence-corrected chi connectivity index (χ4v) is 2.68. The molecule has 0 radical (unpaired) electrons. The third-order valence-electron chi connectivity index (χ3n) is 2.89. The molecule has 0 atom stereocenters. The summed E-state index contributed by atoms with van der Waals surface area (Å²) < 4.78 is 10.3. The van der Waals surface area contributed by atoms with Gasteiger partial charge in [-0.25, -0.2) is 0 Å². The highest BCUT2D eigenvalue weighted by Gasteiger charge is 2.17. The molecule has 0 N–H and O–H groups in total. The summed E-state index contributed by atoms with van der Waals surface area (Å²) in [4.78, 5) is 10.5. The SMILES string of the molecule is O=[N+]([O-])c1ccc(OCc2ccccc2)c2cnsc12. The van der Waals surface area contributed by atoms with Gasteiger partial charge < -0.3 is 4.74 Å². The van der Waals surface area contributed by atoms with Gasteiger partial charge >= 0.3 is 0 Å². The molecule has 0 bridgehead atoms. The first-order valence-corrected chi connectivity index (χ1v) is 6.71. The van der Waals surface area contributed by atoms with Gasteiger partial charge in [0.25, 0.3) is 5.69 Å². The summed E-state index contributed by atoms with van der Waals surface area (Å²) in [6, 6.07) is 12.8. The summed E-state index contributed by atoms with van der Waals surface area (Å²) in [6.07, 6.45) is 1.60. The van der Waals surface area contributed by atoms with Crippen molar-refractivity contribution in [2.24, 2.45) is 0 Å². The Morgan fingerprint density at radius 3 is 2.75 bits per heavy atom. The Bertz CT molecular complexity index is 755. The molecule has 0 saturated heterocycles. The molecule has 3 rings (SSSR count). The maximum absolute atomic E-state index is 10.9. The lowest BCUT2D eigenvalue weighted by molar-refractivity contribution is -0.382. The summed E-state index contributed by atoms with van der Waals surface area (Å²) in [6.45, 7) is 0.420. The standard InChI is InChI=1S/C14H10N2O3S/c17-16(18)12-6-7-13(11-8-15-20-14(11)12)19-9-10-4-2-1-3-5-10/h1-8H,9H2. The van der Waals surface area contributed by atoms with E-state index in [9.17, 15) is 10.1 Å². The van der Waals surface area contributed by atoms with Gasteiger partial charge in [-0.15, -0.1) is 0 Å². The maximum atomic E-state index is 10.9. The van der Waals surface area contributed by atoms with Crippen LogP contribution in [0.4, 0.5) is 5.69 Å². The molecule has 1 heterocycles. The number of ether oxygens (including phenoxy) is 1. The third-order valence-corrected chi connectivity index (χ3v) is 3.72. The number of hydrogen-bond donors (Lipinski definition) is 0. The second-order valence-electron chi connectivity index (χ2n) is 4.18. The van der Waals surface area contributed by atoms with Gasteiger partial charge in [0.1, 0.15) is 17.1 Å². The molecule has 2 aromatic carbocycles. The second-order valence-corrected chi connectivity index (χ2v) is 4.98. The maximum Gasteiger partial charge on any atom is 0.288 e. The van der Waals surface area contributed by atoms with Crippen LogP contribution in [-0.4, -0.2) is 9.30 Å². The number of benzene rings is 2. The van der Waals surface area contributed by atoms with Crippen molar-refractivity contribution in [1.82, 2.24) is 4.37 Å². The fourth-order valence-electron chi connectivity index (χ4n) is 1.92. The fraction of sp³-hybridized carbons (Fsp3) is 0.0714. The summed E-state index contributed by atoms with van der Waals surface area (Å²) in [5.74, 6) is 0.614. The van der Waals surface area contributed by atoms with Crippen molar-refractivity contribution in [3.63, 3.8) is 0 Å². The Morgan fingerprint density at radius 2 is 2.00 bits per heavy atom. The van der Waals surface area contributed by atoms with Gasteiger partial charge in [-0.05, 0) is 23.2 Å². The van der Waals surface area contributed by atoms with Crippen LogP contribution < -0.4 is 4.74 Å². The number of hydrogen-bond acceptors (Lipinski definition) is 5. The molecule has 5 nitrogen and oxygen atoms in total. The molecule has 1 aromatic heterocycles. The van der Waals surface area contributed by atoms with Crippen molar-refractivity contribution in [3.05, 3.63) is 64.3 Å². The van der Waals surface area contributed by atoms with E-state index in [0.29, 0.717) is 22.4 Å². The number of nitro groups is 1. The Morgan fingerprint density at radius 1 is 1.20 bits per heavy atom. The normalized spacial score (nSPS) is 10.6. The molecule has 20 heavy (non-hydrogen) atoms. The molecule has 0 saturated carbocycles. The van der Waals surface area contributed by atoms with Crippen molar-refractivity contribution in [3.8, 4) is 5.75 Å². The quantitative estimate of drug-likeness (QED) is 0.540. The van der Waals surface area contributed by atoms with Gasteiger partial charge in [0.05, 0.1) is 16.5 Å². The number of nitrogens with zero attached hydrogens (tertiary/aromatic N) is 2. The lowest BCUT2D eigenvalue weighted by atomic mass is 10.2. The molecule has 0 spiro atoms. The molecule has 0 amide bonds. The smallest absolute Gasteiger partial charge is 0.288 e. The van der Waals surface area contributed by atoms with Crippen LogP contribution in [0.5, 0.6) is 5.75 Å². The Balaban J connectivity index is 1.91. The summed E-state index contributed by atoms with van der Waals surface area (Å²) >= 11 is 1.11. The molecule has 0 aliphatic carbocycles. The minimum Gasteiger partial charge on any atom is -0.488 e. The summed E-state index contributed by atoms with van der Waals surface area (Å²) in [7, 11) is 0. The van der Waals surface area contributed by atoms with Crippen LogP contribution >= 0.6 is 11.5 Å². The van der Waals surface area contributed by atoms with E-state index in [-0.39, 0.29) is 5.69 Å². The van der Waals surface area contributed by atoms with Gasteiger partial charge in [0, 0.05) is 6.07 Å². The van der Waals surface area contributed by atoms with Gasteiger partial charge in [0.2, 0.25) is 0 Å². The van der Waals surface area contributed by atoms with E-state index in [1.54, 1.807) is 12.3 Å². The van der Waals surface area contributed by atoms with Crippen LogP contribution in [0.15, 0.2) is 48.7 Å². The minimum atomic E-state index is -0.401. The monoisotopic (exact) mass is 286 g/mol. The van der Waals surface area contributed by atoms with Crippen LogP contribution in [-0.2, 0) is 6.61 Å². The van der Waals surface area contributed by atoms with E-state index in [2.05, 4.69) is 4.37 Å². The van der Waals surface area contributed by atoms with Crippen LogP contribution in [0.2, 0.25) is 0 Å². The van der Waals surface area contributed by atoms with Gasteiger partial charge in [-0.3, -0.25) is 10.1 Å². The topological polar surface area (TPSA) is 65.3 Å². The van der Waals surface area contributed by atoms with Gasteiger partial charge in [-0.2, -0.15) is 4.37 Å². The predicted molar refractivity (Wildman–Crippen MR) is 77.0 cm³/mol. The molecule has 0 fully saturated rings. The van der Waals surface area contributed by atoms with E-state index in [1.165, 1.54) is 6.07 Å². The largest absolute Gasteiger partial charge is 0.488 e. The van der Waals surface area contributed by atoms with Crippen molar-refractivity contribution < 1.29 is 9.66 Å². The molecule has 100 valence electrons. The average Bonchev–Trinajstić information content (AvgIpc) is 2.95. The van der Waals surface area contributed by atoms with Crippen molar-refractivity contribution in [1.29, 1.82) is 0 Å². The van der Waals surface area contributed by atoms with E-state index in [1.807, 2.05) is 30.3 Å². The van der Waals surface area contributed by atoms with Crippen molar-refractivity contribution in [2.75, 3.05) is 0 Å². The summed E-state index contributed by atoms with van der Waals surface area (Å²) in [5, 5.41) is 11.6. The zero-order valence-corrected chi connectivity index (χ0v) is 11.2. The predicted octanol–water partition coefficient (Wildman–Crippen LogP) is 3.78.